The van der Waals surface area contributed by atoms with Crippen molar-refractivity contribution in [3.8, 4) is 17.2 Å². The summed E-state index contributed by atoms with van der Waals surface area (Å²) in [5.74, 6) is 0. The normalized spacial score (nSPS) is 16.2. The second-order valence-electron chi connectivity index (χ2n) is 6.19. The van der Waals surface area contributed by atoms with Crippen LogP contribution >= 0.6 is 11.6 Å². The lowest BCUT2D eigenvalue weighted by atomic mass is 9.96. The summed E-state index contributed by atoms with van der Waals surface area (Å²) in [7, 11) is 0. The summed E-state index contributed by atoms with van der Waals surface area (Å²) in [5.41, 5.74) is 5.81. The van der Waals surface area contributed by atoms with Crippen LogP contribution in [0.15, 0.2) is 35.3 Å². The van der Waals surface area contributed by atoms with Crippen LogP contribution in [0.25, 0.3) is 11.1 Å². The second-order valence-corrected chi connectivity index (χ2v) is 6.60. The SMILES string of the molecule is N#Cc1cc(-c2cc3c(c(NC4CCNCC4)c2)N=C3)ccc1Cl. The highest BCUT2D eigenvalue weighted by Crippen LogP contribution is 2.39. The van der Waals surface area contributed by atoms with Crippen LogP contribution in [0.1, 0.15) is 24.0 Å². The Bertz CT molecular complexity index is 860. The van der Waals surface area contributed by atoms with E-state index in [-0.39, 0.29) is 0 Å². The lowest BCUT2D eigenvalue weighted by Gasteiger charge is -2.27. The molecule has 0 spiro atoms. The van der Waals surface area contributed by atoms with E-state index in [4.69, 9.17) is 11.6 Å². The number of hydrogen-bond donors (Lipinski definition) is 2. The Morgan fingerprint density at radius 2 is 2.00 bits per heavy atom. The fourth-order valence-corrected chi connectivity index (χ4v) is 3.38. The maximum absolute atomic E-state index is 9.20. The van der Waals surface area contributed by atoms with Gasteiger partial charge in [-0.2, -0.15) is 5.26 Å². The summed E-state index contributed by atoms with van der Waals surface area (Å²) in [6, 6.07) is 12.4. The molecule has 0 bridgehead atoms. The molecule has 0 saturated carbocycles. The average molecular weight is 337 g/mol. The lowest BCUT2D eigenvalue weighted by Crippen LogP contribution is -2.35. The van der Waals surface area contributed by atoms with Crippen LogP contribution in [0.3, 0.4) is 0 Å². The largest absolute Gasteiger partial charge is 0.380 e. The molecule has 0 atom stereocenters. The highest BCUT2D eigenvalue weighted by Gasteiger charge is 2.19. The van der Waals surface area contributed by atoms with Gasteiger partial charge < -0.3 is 10.6 Å². The Balaban J connectivity index is 1.69. The maximum atomic E-state index is 9.20. The van der Waals surface area contributed by atoms with Crippen LogP contribution in [0.2, 0.25) is 5.02 Å². The minimum atomic E-state index is 0.473. The van der Waals surface area contributed by atoms with E-state index in [1.54, 1.807) is 6.07 Å². The van der Waals surface area contributed by atoms with Crippen molar-refractivity contribution in [2.45, 2.75) is 18.9 Å². The lowest BCUT2D eigenvalue weighted by molar-refractivity contribution is 0.479. The Morgan fingerprint density at radius 1 is 1.17 bits per heavy atom. The Labute approximate surface area is 146 Å². The van der Waals surface area contributed by atoms with Crippen molar-refractivity contribution in [3.63, 3.8) is 0 Å². The third-order valence-corrected chi connectivity index (χ3v) is 4.92. The molecular weight excluding hydrogens is 320 g/mol. The molecule has 2 aliphatic heterocycles. The molecule has 0 aliphatic carbocycles. The molecule has 2 aromatic rings. The van der Waals surface area contributed by atoms with Gasteiger partial charge in [-0.15, -0.1) is 0 Å². The zero-order valence-electron chi connectivity index (χ0n) is 13.1. The standard InChI is InChI=1S/C19H17ClN4/c20-17-2-1-12(7-14(17)10-21)13-8-15-11-23-19(15)18(9-13)24-16-3-5-22-6-4-16/h1-2,7-9,11,16,22,24H,3-6H2. The van der Waals surface area contributed by atoms with Crippen molar-refractivity contribution in [3.05, 3.63) is 46.5 Å². The van der Waals surface area contributed by atoms with Crippen LogP contribution in [-0.4, -0.2) is 25.3 Å². The van der Waals surface area contributed by atoms with Crippen molar-refractivity contribution >= 4 is 29.2 Å². The summed E-state index contributed by atoms with van der Waals surface area (Å²) in [5, 5.41) is 16.7. The van der Waals surface area contributed by atoms with Gasteiger partial charge in [0.25, 0.3) is 0 Å². The third kappa shape index (κ3) is 2.77. The number of fused-ring (bicyclic) bond motifs is 1. The number of aliphatic imine (C=N–C) groups is 1. The molecule has 1 fully saturated rings. The van der Waals surface area contributed by atoms with Crippen molar-refractivity contribution in [1.82, 2.24) is 5.32 Å². The predicted molar refractivity (Wildman–Crippen MR) is 98.4 cm³/mol. The Morgan fingerprint density at radius 3 is 2.71 bits per heavy atom. The molecule has 4 nitrogen and oxygen atoms in total. The molecule has 0 amide bonds. The van der Waals surface area contributed by atoms with Crippen LogP contribution in [0.4, 0.5) is 11.4 Å². The predicted octanol–water partition coefficient (Wildman–Crippen LogP) is 4.11. The zero-order chi connectivity index (χ0) is 16.5. The van der Waals surface area contributed by atoms with E-state index < -0.39 is 0 Å². The van der Waals surface area contributed by atoms with E-state index in [1.807, 2.05) is 18.3 Å². The first-order valence-electron chi connectivity index (χ1n) is 8.14. The monoisotopic (exact) mass is 336 g/mol. The molecule has 120 valence electrons. The van der Waals surface area contributed by atoms with Gasteiger partial charge in [0.15, 0.2) is 0 Å². The van der Waals surface area contributed by atoms with Crippen LogP contribution < -0.4 is 10.6 Å². The topological polar surface area (TPSA) is 60.2 Å². The third-order valence-electron chi connectivity index (χ3n) is 4.59. The number of nitrogens with zero attached hydrogens (tertiary/aromatic N) is 2. The van der Waals surface area contributed by atoms with Gasteiger partial charge in [0.2, 0.25) is 0 Å². The zero-order valence-corrected chi connectivity index (χ0v) is 13.9. The molecule has 2 heterocycles. The second kappa shape index (κ2) is 6.27. The van der Waals surface area contributed by atoms with E-state index in [0.29, 0.717) is 16.6 Å². The summed E-state index contributed by atoms with van der Waals surface area (Å²) >= 11 is 6.05. The minimum Gasteiger partial charge on any atom is -0.380 e. The first-order chi connectivity index (χ1) is 11.7. The molecule has 0 aromatic heterocycles. The fourth-order valence-electron chi connectivity index (χ4n) is 3.22. The molecule has 0 radical (unpaired) electrons. The van der Waals surface area contributed by atoms with Gasteiger partial charge in [-0.05, 0) is 61.3 Å². The molecule has 4 rings (SSSR count). The number of nitrogens with one attached hydrogen (secondary N) is 2. The summed E-state index contributed by atoms with van der Waals surface area (Å²) in [6.45, 7) is 2.09. The number of rotatable bonds is 3. The van der Waals surface area contributed by atoms with Gasteiger partial charge in [-0.25, -0.2) is 0 Å². The van der Waals surface area contributed by atoms with Gasteiger partial charge in [0.05, 0.1) is 22.0 Å². The van der Waals surface area contributed by atoms with E-state index in [2.05, 4.69) is 33.8 Å². The Hall–Kier alpha value is -2.35. The fraction of sp³-hybridized carbons (Fsp3) is 0.263. The average Bonchev–Trinajstić information content (AvgIpc) is 2.58. The van der Waals surface area contributed by atoms with Gasteiger partial charge in [0.1, 0.15) is 6.07 Å². The molecule has 2 N–H and O–H groups in total. The number of hydrogen-bond acceptors (Lipinski definition) is 4. The maximum Gasteiger partial charge on any atom is 0.101 e. The van der Waals surface area contributed by atoms with E-state index in [9.17, 15) is 5.26 Å². The number of halogens is 1. The number of anilines is 1. The summed E-state index contributed by atoms with van der Waals surface area (Å²) in [4.78, 5) is 4.40. The molecular formula is C19H17ClN4. The first kappa shape index (κ1) is 15.2. The smallest absolute Gasteiger partial charge is 0.101 e. The van der Waals surface area contributed by atoms with E-state index >= 15 is 0 Å². The molecule has 1 saturated heterocycles. The van der Waals surface area contributed by atoms with Crippen molar-refractivity contribution in [1.29, 1.82) is 5.26 Å². The molecule has 2 aliphatic rings. The van der Waals surface area contributed by atoms with Crippen LogP contribution in [0.5, 0.6) is 0 Å². The van der Waals surface area contributed by atoms with Gasteiger partial charge in [-0.1, -0.05) is 17.7 Å². The highest BCUT2D eigenvalue weighted by atomic mass is 35.5. The van der Waals surface area contributed by atoms with Crippen LogP contribution in [-0.2, 0) is 0 Å². The van der Waals surface area contributed by atoms with E-state index in [1.165, 1.54) is 0 Å². The number of piperidine rings is 1. The molecule has 0 unspecified atom stereocenters. The minimum absolute atomic E-state index is 0.473. The summed E-state index contributed by atoms with van der Waals surface area (Å²) in [6.07, 6.45) is 4.11. The molecule has 24 heavy (non-hydrogen) atoms. The molecule has 5 heteroatoms. The van der Waals surface area contributed by atoms with Crippen molar-refractivity contribution in [2.24, 2.45) is 4.99 Å². The van der Waals surface area contributed by atoms with Gasteiger partial charge in [-0.3, -0.25) is 4.99 Å². The van der Waals surface area contributed by atoms with Crippen molar-refractivity contribution < 1.29 is 0 Å². The molecule has 2 aromatic carbocycles. The summed E-state index contributed by atoms with van der Waals surface area (Å²) < 4.78 is 0. The Kier molecular flexibility index (Phi) is 3.97. The van der Waals surface area contributed by atoms with Crippen molar-refractivity contribution in [2.75, 3.05) is 18.4 Å². The quantitative estimate of drug-likeness (QED) is 0.756. The van der Waals surface area contributed by atoms with Crippen LogP contribution in [0, 0.1) is 11.3 Å². The van der Waals surface area contributed by atoms with E-state index in [0.717, 1.165) is 54.0 Å². The highest BCUT2D eigenvalue weighted by molar-refractivity contribution is 6.31. The van der Waals surface area contributed by atoms with Gasteiger partial charge >= 0.3 is 0 Å². The van der Waals surface area contributed by atoms with Gasteiger partial charge in [0, 0.05) is 17.8 Å². The number of nitriles is 1. The number of benzene rings is 2. The first-order valence-corrected chi connectivity index (χ1v) is 8.52.